The summed E-state index contributed by atoms with van der Waals surface area (Å²) in [5, 5.41) is 5.63. The third kappa shape index (κ3) is 7.35. The number of benzene rings is 2. The van der Waals surface area contributed by atoms with Gasteiger partial charge in [0.25, 0.3) is 0 Å². The van der Waals surface area contributed by atoms with Gasteiger partial charge in [0.2, 0.25) is 0 Å². The number of aryl methyl sites for hydroxylation is 1. The van der Waals surface area contributed by atoms with Crippen LogP contribution in [-0.2, 0) is 19.5 Å². The lowest BCUT2D eigenvalue weighted by Gasteiger charge is -2.31. The Hall–Kier alpha value is -1.79. The van der Waals surface area contributed by atoms with E-state index in [4.69, 9.17) is 9.26 Å². The summed E-state index contributed by atoms with van der Waals surface area (Å²) in [7, 11) is 4.15. The van der Waals surface area contributed by atoms with Gasteiger partial charge in [-0.15, -0.1) is 24.8 Å². The number of rotatable bonds is 10. The van der Waals surface area contributed by atoms with Crippen molar-refractivity contribution >= 4 is 35.8 Å². The Bertz CT molecular complexity index is 986. The van der Waals surface area contributed by atoms with Gasteiger partial charge in [-0.3, -0.25) is 4.90 Å². The van der Waals surface area contributed by atoms with Crippen LogP contribution in [0.3, 0.4) is 0 Å². The molecular formula is C27H39Cl2N3O2. The summed E-state index contributed by atoms with van der Waals surface area (Å²) in [4.78, 5) is 4.74. The number of nitrogens with zero attached hydrogens (tertiary/aromatic N) is 3. The molecule has 5 nitrogen and oxygen atoms in total. The van der Waals surface area contributed by atoms with Crippen LogP contribution in [0, 0.1) is 5.92 Å². The van der Waals surface area contributed by atoms with Gasteiger partial charge < -0.3 is 14.2 Å². The van der Waals surface area contributed by atoms with Crippen LogP contribution in [0.25, 0.3) is 11.0 Å². The molecule has 0 saturated carbocycles. The molecule has 0 amide bonds. The molecule has 1 fully saturated rings. The van der Waals surface area contributed by atoms with Crippen LogP contribution in [0.15, 0.2) is 47.0 Å². The van der Waals surface area contributed by atoms with E-state index < -0.39 is 0 Å². The predicted octanol–water partition coefficient (Wildman–Crippen LogP) is 6.37. The molecule has 2 heterocycles. The van der Waals surface area contributed by atoms with Crippen LogP contribution < -0.4 is 4.74 Å². The molecule has 4 rings (SSSR count). The summed E-state index contributed by atoms with van der Waals surface area (Å²) in [6.45, 7) is 7.07. The minimum atomic E-state index is 0. The largest absolute Gasteiger partial charge is 0.493 e. The highest BCUT2D eigenvalue weighted by molar-refractivity contribution is 5.86. The van der Waals surface area contributed by atoms with Crippen molar-refractivity contribution < 1.29 is 9.26 Å². The average molecular weight is 509 g/mol. The van der Waals surface area contributed by atoms with Crippen molar-refractivity contribution in [1.82, 2.24) is 15.0 Å². The molecule has 0 bridgehead atoms. The Kier molecular flexibility index (Phi) is 11.7. The van der Waals surface area contributed by atoms with Crippen LogP contribution in [0.2, 0.25) is 0 Å². The number of piperidine rings is 1. The summed E-state index contributed by atoms with van der Waals surface area (Å²) in [6, 6.07) is 15.0. The smallest absolute Gasteiger partial charge is 0.175 e. The molecule has 0 spiro atoms. The van der Waals surface area contributed by atoms with E-state index in [2.05, 4.69) is 78.4 Å². The zero-order valence-corrected chi connectivity index (χ0v) is 22.3. The zero-order valence-electron chi connectivity index (χ0n) is 20.7. The van der Waals surface area contributed by atoms with Crippen LogP contribution in [-0.4, -0.2) is 48.7 Å². The van der Waals surface area contributed by atoms with Crippen LogP contribution in [0.5, 0.6) is 5.75 Å². The van der Waals surface area contributed by atoms with Crippen LogP contribution in [0.4, 0.5) is 0 Å². The predicted molar refractivity (Wildman–Crippen MR) is 144 cm³/mol. The Morgan fingerprint density at radius 2 is 1.79 bits per heavy atom. The number of hydrogen-bond acceptors (Lipinski definition) is 5. The lowest BCUT2D eigenvalue weighted by molar-refractivity contribution is 0.172. The summed E-state index contributed by atoms with van der Waals surface area (Å²) in [5.74, 6) is 1.68. The highest BCUT2D eigenvalue weighted by atomic mass is 35.5. The fraction of sp³-hybridized carbons (Fsp3) is 0.519. The highest BCUT2D eigenvalue weighted by Crippen LogP contribution is 2.32. The molecule has 1 saturated heterocycles. The van der Waals surface area contributed by atoms with Crippen molar-refractivity contribution in [2.45, 2.75) is 52.1 Å². The lowest BCUT2D eigenvalue weighted by atomic mass is 9.91. The molecule has 0 aliphatic carbocycles. The van der Waals surface area contributed by atoms with Crippen molar-refractivity contribution in [2.24, 2.45) is 5.92 Å². The average Bonchev–Trinajstić information content (AvgIpc) is 3.22. The van der Waals surface area contributed by atoms with Crippen molar-refractivity contribution in [3.63, 3.8) is 0 Å². The summed E-state index contributed by atoms with van der Waals surface area (Å²) in [5.41, 5.74) is 4.50. The Balaban J connectivity index is 0.00000204. The molecule has 34 heavy (non-hydrogen) atoms. The number of aromatic nitrogens is 1. The molecule has 0 atom stereocenters. The Morgan fingerprint density at radius 3 is 2.47 bits per heavy atom. The molecular weight excluding hydrogens is 469 g/mol. The second-order valence-corrected chi connectivity index (χ2v) is 9.38. The molecule has 3 aromatic rings. The van der Waals surface area contributed by atoms with E-state index in [0.29, 0.717) is 0 Å². The fourth-order valence-electron chi connectivity index (χ4n) is 4.70. The minimum absolute atomic E-state index is 0. The molecule has 1 aliphatic heterocycles. The molecule has 7 heteroatoms. The SMILES string of the molecule is CCCOc1ccc2c(CCC3CCN(Cc4ccccc4)CC3)noc2c1CN(C)C.Cl.Cl. The molecule has 0 unspecified atom stereocenters. The number of halogens is 2. The van der Waals surface area contributed by atoms with Crippen LogP contribution >= 0.6 is 24.8 Å². The first-order valence-electron chi connectivity index (χ1n) is 12.1. The minimum Gasteiger partial charge on any atom is -0.493 e. The van der Waals surface area contributed by atoms with E-state index >= 15 is 0 Å². The number of fused-ring (bicyclic) bond motifs is 1. The van der Waals surface area contributed by atoms with Gasteiger partial charge in [-0.25, -0.2) is 0 Å². The maximum atomic E-state index is 5.99. The summed E-state index contributed by atoms with van der Waals surface area (Å²) < 4.78 is 11.9. The van der Waals surface area contributed by atoms with E-state index in [-0.39, 0.29) is 24.8 Å². The standard InChI is InChI=1S/C27H37N3O2.2ClH/c1-4-18-31-26-13-11-23-25(28-32-27(23)24(26)20-29(2)3)12-10-21-14-16-30(17-15-21)19-22-8-6-5-7-9-22;;/h5-9,11,13,21H,4,10,12,14-20H2,1-3H3;2*1H. The van der Waals surface area contributed by atoms with Gasteiger partial charge in [-0.2, -0.15) is 0 Å². The normalized spacial score (nSPS) is 14.7. The van der Waals surface area contributed by atoms with Gasteiger partial charge in [-0.05, 0) is 82.9 Å². The maximum absolute atomic E-state index is 5.99. The molecule has 1 aromatic heterocycles. The van der Waals surface area contributed by atoms with Gasteiger partial charge in [0.1, 0.15) is 5.75 Å². The monoisotopic (exact) mass is 507 g/mol. The van der Waals surface area contributed by atoms with Crippen molar-refractivity contribution in [1.29, 1.82) is 0 Å². The van der Waals surface area contributed by atoms with Crippen molar-refractivity contribution in [3.05, 3.63) is 59.3 Å². The van der Waals surface area contributed by atoms with E-state index in [9.17, 15) is 0 Å². The highest BCUT2D eigenvalue weighted by Gasteiger charge is 2.22. The van der Waals surface area contributed by atoms with E-state index in [0.717, 1.165) is 66.4 Å². The number of hydrogen-bond donors (Lipinski definition) is 0. The molecule has 0 N–H and O–H groups in total. The van der Waals surface area contributed by atoms with E-state index in [1.807, 2.05) is 0 Å². The fourth-order valence-corrected chi connectivity index (χ4v) is 4.70. The van der Waals surface area contributed by atoms with Gasteiger partial charge >= 0.3 is 0 Å². The lowest BCUT2D eigenvalue weighted by Crippen LogP contribution is -2.33. The Labute approximate surface area is 216 Å². The summed E-state index contributed by atoms with van der Waals surface area (Å²) in [6.07, 6.45) is 5.68. The summed E-state index contributed by atoms with van der Waals surface area (Å²) >= 11 is 0. The second-order valence-electron chi connectivity index (χ2n) is 9.38. The molecule has 188 valence electrons. The third-order valence-electron chi connectivity index (χ3n) is 6.46. The first-order chi connectivity index (χ1) is 15.6. The quantitative estimate of drug-likeness (QED) is 0.319. The molecule has 2 aromatic carbocycles. The number of likely N-dealkylation sites (tertiary alicyclic amines) is 1. The number of ether oxygens (including phenoxy) is 1. The first kappa shape index (κ1) is 28.4. The van der Waals surface area contributed by atoms with Crippen molar-refractivity contribution in [3.8, 4) is 5.75 Å². The van der Waals surface area contributed by atoms with Gasteiger partial charge in [0.15, 0.2) is 5.58 Å². The van der Waals surface area contributed by atoms with Gasteiger partial charge in [0.05, 0.1) is 17.9 Å². The topological polar surface area (TPSA) is 41.7 Å². The maximum Gasteiger partial charge on any atom is 0.175 e. The van der Waals surface area contributed by atoms with E-state index in [1.54, 1.807) is 0 Å². The molecule has 1 aliphatic rings. The zero-order chi connectivity index (χ0) is 22.3. The van der Waals surface area contributed by atoms with E-state index in [1.165, 1.54) is 37.9 Å². The van der Waals surface area contributed by atoms with Crippen LogP contribution in [0.1, 0.15) is 49.4 Å². The third-order valence-corrected chi connectivity index (χ3v) is 6.46. The first-order valence-corrected chi connectivity index (χ1v) is 12.1. The second kappa shape index (κ2) is 13.9. The van der Waals surface area contributed by atoms with Gasteiger partial charge in [-0.1, -0.05) is 42.4 Å². The van der Waals surface area contributed by atoms with Gasteiger partial charge in [0, 0.05) is 18.5 Å². The molecule has 0 radical (unpaired) electrons. The van der Waals surface area contributed by atoms with Crippen molar-refractivity contribution in [2.75, 3.05) is 33.8 Å². The Morgan fingerprint density at radius 1 is 1.06 bits per heavy atom.